The topological polar surface area (TPSA) is 56.6 Å². The number of ether oxygens (including phenoxy) is 2. The molecule has 2 aliphatic rings. The average molecular weight is 369 g/mol. The highest BCUT2D eigenvalue weighted by Gasteiger charge is 2.52. The second-order valence-electron chi connectivity index (χ2n) is 7.73. The Hall–Kier alpha value is -2.50. The van der Waals surface area contributed by atoms with Crippen LogP contribution in [-0.2, 0) is 11.3 Å². The molecule has 6 heteroatoms. The van der Waals surface area contributed by atoms with E-state index in [4.69, 9.17) is 9.47 Å². The van der Waals surface area contributed by atoms with Crippen LogP contribution >= 0.6 is 0 Å². The molecule has 4 rings (SSSR count). The van der Waals surface area contributed by atoms with Gasteiger partial charge in [-0.1, -0.05) is 0 Å². The van der Waals surface area contributed by atoms with Gasteiger partial charge < -0.3 is 14.4 Å². The predicted molar refractivity (Wildman–Crippen MR) is 102 cm³/mol. The smallest absolute Gasteiger partial charge is 0.230 e. The summed E-state index contributed by atoms with van der Waals surface area (Å²) in [5, 5.41) is 4.28. The Morgan fingerprint density at radius 1 is 1.26 bits per heavy atom. The van der Waals surface area contributed by atoms with Crippen molar-refractivity contribution in [3.05, 3.63) is 42.7 Å². The highest BCUT2D eigenvalue weighted by molar-refractivity contribution is 5.85. The van der Waals surface area contributed by atoms with Crippen LogP contribution in [0.4, 0.5) is 0 Å². The molecule has 1 saturated carbocycles. The van der Waals surface area contributed by atoms with Gasteiger partial charge in [0.25, 0.3) is 0 Å². The molecule has 1 aliphatic heterocycles. The van der Waals surface area contributed by atoms with E-state index in [1.165, 1.54) is 0 Å². The zero-order valence-electron chi connectivity index (χ0n) is 15.8. The fourth-order valence-corrected chi connectivity index (χ4v) is 3.90. The number of amides is 1. The Morgan fingerprint density at radius 3 is 2.70 bits per heavy atom. The fourth-order valence-electron chi connectivity index (χ4n) is 3.90. The Morgan fingerprint density at radius 2 is 2.04 bits per heavy atom. The van der Waals surface area contributed by atoms with Gasteiger partial charge in [-0.05, 0) is 56.0 Å². The standard InChI is InChI=1S/C21H27N3O3/c1-26-18-5-7-19(8-6-18)27-15-17-4-2-12-23(14-17)20(25)21(9-10-21)16-24-13-3-11-22-24/h3,5-8,11,13,17H,2,4,9-10,12,14-16H2,1H3/t17-/m0/s1. The Labute approximate surface area is 160 Å². The molecule has 1 saturated heterocycles. The molecule has 2 aromatic rings. The van der Waals surface area contributed by atoms with Crippen LogP contribution in [0.3, 0.4) is 0 Å². The van der Waals surface area contributed by atoms with Gasteiger partial charge in [-0.15, -0.1) is 0 Å². The maximum atomic E-state index is 13.1. The number of methoxy groups -OCH3 is 1. The molecule has 144 valence electrons. The molecule has 1 aliphatic carbocycles. The number of hydrogen-bond acceptors (Lipinski definition) is 4. The first-order valence-corrected chi connectivity index (χ1v) is 9.72. The maximum Gasteiger partial charge on any atom is 0.230 e. The summed E-state index contributed by atoms with van der Waals surface area (Å²) in [6.07, 6.45) is 7.79. The number of nitrogens with zero attached hydrogens (tertiary/aromatic N) is 3. The third-order valence-electron chi connectivity index (χ3n) is 5.68. The number of hydrogen-bond donors (Lipinski definition) is 0. The number of carbonyl (C=O) groups excluding carboxylic acids is 1. The lowest BCUT2D eigenvalue weighted by Gasteiger charge is -2.35. The molecular formula is C21H27N3O3. The molecule has 1 aromatic carbocycles. The van der Waals surface area contributed by atoms with Crippen molar-refractivity contribution in [1.29, 1.82) is 0 Å². The van der Waals surface area contributed by atoms with Crippen molar-refractivity contribution >= 4 is 5.91 Å². The highest BCUT2D eigenvalue weighted by atomic mass is 16.5. The molecule has 0 radical (unpaired) electrons. The summed E-state index contributed by atoms with van der Waals surface area (Å²) in [5.41, 5.74) is -0.231. The molecule has 2 heterocycles. The minimum atomic E-state index is -0.231. The van der Waals surface area contributed by atoms with Crippen LogP contribution in [0.5, 0.6) is 11.5 Å². The monoisotopic (exact) mass is 369 g/mol. The Balaban J connectivity index is 1.31. The van der Waals surface area contributed by atoms with Crippen LogP contribution in [-0.4, -0.2) is 47.4 Å². The van der Waals surface area contributed by atoms with Gasteiger partial charge >= 0.3 is 0 Å². The van der Waals surface area contributed by atoms with Crippen molar-refractivity contribution in [2.75, 3.05) is 26.8 Å². The van der Waals surface area contributed by atoms with E-state index < -0.39 is 0 Å². The van der Waals surface area contributed by atoms with Crippen LogP contribution in [0.15, 0.2) is 42.7 Å². The van der Waals surface area contributed by atoms with E-state index in [0.717, 1.165) is 50.3 Å². The molecular weight excluding hydrogens is 342 g/mol. The van der Waals surface area contributed by atoms with Crippen LogP contribution < -0.4 is 9.47 Å². The molecule has 1 atom stereocenters. The Bertz CT molecular complexity index is 753. The fraction of sp³-hybridized carbons (Fsp3) is 0.524. The third-order valence-corrected chi connectivity index (χ3v) is 5.68. The molecule has 1 amide bonds. The van der Waals surface area contributed by atoms with Gasteiger partial charge in [0.2, 0.25) is 5.91 Å². The van der Waals surface area contributed by atoms with E-state index in [1.807, 2.05) is 41.2 Å². The summed E-state index contributed by atoms with van der Waals surface area (Å²) < 4.78 is 13.0. The first-order valence-electron chi connectivity index (χ1n) is 9.72. The van der Waals surface area contributed by atoms with Gasteiger partial charge in [-0.25, -0.2) is 0 Å². The zero-order chi connectivity index (χ0) is 18.7. The van der Waals surface area contributed by atoms with Gasteiger partial charge in [0.05, 0.1) is 25.7 Å². The molecule has 0 bridgehead atoms. The second-order valence-corrected chi connectivity index (χ2v) is 7.73. The lowest BCUT2D eigenvalue weighted by atomic mass is 9.96. The first-order chi connectivity index (χ1) is 13.2. The normalized spacial score (nSPS) is 20.9. The molecule has 6 nitrogen and oxygen atoms in total. The SMILES string of the molecule is COc1ccc(OC[C@H]2CCCN(C(=O)C3(Cn4cccn4)CC3)C2)cc1. The quantitative estimate of drug-likeness (QED) is 0.753. The van der Waals surface area contributed by atoms with Gasteiger partial charge in [0, 0.05) is 31.4 Å². The Kier molecular flexibility index (Phi) is 5.05. The van der Waals surface area contributed by atoms with E-state index in [2.05, 4.69) is 10.00 Å². The van der Waals surface area contributed by atoms with Gasteiger partial charge in [-0.2, -0.15) is 5.10 Å². The van der Waals surface area contributed by atoms with Crippen LogP contribution in [0.1, 0.15) is 25.7 Å². The first kappa shape index (κ1) is 17.9. The summed E-state index contributed by atoms with van der Waals surface area (Å²) in [6, 6.07) is 9.56. The summed E-state index contributed by atoms with van der Waals surface area (Å²) in [5.74, 6) is 2.35. The van der Waals surface area contributed by atoms with E-state index in [-0.39, 0.29) is 5.41 Å². The van der Waals surface area contributed by atoms with Crippen molar-refractivity contribution in [2.45, 2.75) is 32.2 Å². The number of benzene rings is 1. The molecule has 27 heavy (non-hydrogen) atoms. The molecule has 0 N–H and O–H groups in total. The minimum Gasteiger partial charge on any atom is -0.497 e. The van der Waals surface area contributed by atoms with Crippen molar-refractivity contribution in [3.63, 3.8) is 0 Å². The molecule has 1 aromatic heterocycles. The van der Waals surface area contributed by atoms with E-state index in [9.17, 15) is 4.79 Å². The van der Waals surface area contributed by atoms with E-state index in [1.54, 1.807) is 13.3 Å². The van der Waals surface area contributed by atoms with E-state index in [0.29, 0.717) is 25.0 Å². The summed E-state index contributed by atoms with van der Waals surface area (Å²) in [6.45, 7) is 2.99. The summed E-state index contributed by atoms with van der Waals surface area (Å²) >= 11 is 0. The van der Waals surface area contributed by atoms with Gasteiger partial charge in [-0.3, -0.25) is 9.48 Å². The second kappa shape index (κ2) is 7.62. The summed E-state index contributed by atoms with van der Waals surface area (Å²) in [4.78, 5) is 15.2. The highest BCUT2D eigenvalue weighted by Crippen LogP contribution is 2.49. The lowest BCUT2D eigenvalue weighted by Crippen LogP contribution is -2.46. The van der Waals surface area contributed by atoms with Crippen LogP contribution in [0.25, 0.3) is 0 Å². The largest absolute Gasteiger partial charge is 0.497 e. The van der Waals surface area contributed by atoms with Gasteiger partial charge in [0.1, 0.15) is 11.5 Å². The molecule has 0 spiro atoms. The maximum absolute atomic E-state index is 13.1. The number of aromatic nitrogens is 2. The number of carbonyl (C=O) groups is 1. The minimum absolute atomic E-state index is 0.231. The lowest BCUT2D eigenvalue weighted by molar-refractivity contribution is -0.139. The molecule has 2 fully saturated rings. The third kappa shape index (κ3) is 4.10. The number of piperidine rings is 1. The van der Waals surface area contributed by atoms with Gasteiger partial charge in [0.15, 0.2) is 0 Å². The van der Waals surface area contributed by atoms with Crippen LogP contribution in [0.2, 0.25) is 0 Å². The predicted octanol–water partition coefficient (Wildman–Crippen LogP) is 2.99. The average Bonchev–Trinajstić information content (AvgIpc) is 3.31. The van der Waals surface area contributed by atoms with Crippen molar-refractivity contribution in [1.82, 2.24) is 14.7 Å². The zero-order valence-corrected chi connectivity index (χ0v) is 15.8. The number of likely N-dealkylation sites (tertiary alicyclic amines) is 1. The molecule has 0 unspecified atom stereocenters. The number of rotatable bonds is 7. The van der Waals surface area contributed by atoms with Crippen molar-refractivity contribution in [2.24, 2.45) is 11.3 Å². The van der Waals surface area contributed by atoms with E-state index >= 15 is 0 Å². The summed E-state index contributed by atoms with van der Waals surface area (Å²) in [7, 11) is 1.66. The van der Waals surface area contributed by atoms with Crippen molar-refractivity contribution in [3.8, 4) is 11.5 Å². The van der Waals surface area contributed by atoms with Crippen LogP contribution in [0, 0.1) is 11.3 Å². The van der Waals surface area contributed by atoms with Crippen molar-refractivity contribution < 1.29 is 14.3 Å².